The second-order valence-electron chi connectivity index (χ2n) is 2.85. The Balaban J connectivity index is 2.78. The summed E-state index contributed by atoms with van der Waals surface area (Å²) in [5.74, 6) is -0.973. The topological polar surface area (TPSA) is 69.6 Å². The fourth-order valence-electron chi connectivity index (χ4n) is 1.44. The quantitative estimate of drug-likeness (QED) is 0.609. The molecule has 1 saturated heterocycles. The minimum Gasteiger partial charge on any atom is -0.480 e. The molecule has 0 aromatic heterocycles. The fraction of sp³-hybridized carbons (Fsp3) is 0.714. The molecule has 68 valence electrons. The summed E-state index contributed by atoms with van der Waals surface area (Å²) >= 11 is 0. The minimum absolute atomic E-state index is 0.227. The molecule has 5 nitrogen and oxygen atoms in total. The molecule has 1 rings (SSSR count). The average molecular weight is 172 g/mol. The van der Waals surface area contributed by atoms with Gasteiger partial charge >= 0.3 is 12.0 Å². The Bertz CT molecular complexity index is 217. The SMILES string of the molecule is CCC1C(C(=O)O)NC(=O)N1C. The van der Waals surface area contributed by atoms with Crippen LogP contribution < -0.4 is 5.32 Å². The second-order valence-corrected chi connectivity index (χ2v) is 2.85. The number of urea groups is 1. The maximum Gasteiger partial charge on any atom is 0.328 e. The van der Waals surface area contributed by atoms with Crippen molar-refractivity contribution >= 4 is 12.0 Å². The summed E-state index contributed by atoms with van der Waals surface area (Å²) in [7, 11) is 1.60. The van der Waals surface area contributed by atoms with E-state index in [2.05, 4.69) is 5.32 Å². The molecule has 0 spiro atoms. The van der Waals surface area contributed by atoms with Gasteiger partial charge in [-0.15, -0.1) is 0 Å². The zero-order chi connectivity index (χ0) is 9.30. The zero-order valence-electron chi connectivity index (χ0n) is 7.07. The van der Waals surface area contributed by atoms with Crippen LogP contribution in [0.15, 0.2) is 0 Å². The molecule has 12 heavy (non-hydrogen) atoms. The van der Waals surface area contributed by atoms with Gasteiger partial charge in [-0.25, -0.2) is 9.59 Å². The van der Waals surface area contributed by atoms with Crippen LogP contribution in [0, 0.1) is 0 Å². The summed E-state index contributed by atoms with van der Waals surface area (Å²) in [5.41, 5.74) is 0. The Hall–Kier alpha value is -1.26. The van der Waals surface area contributed by atoms with E-state index in [1.54, 1.807) is 7.05 Å². The summed E-state index contributed by atoms with van der Waals surface area (Å²) in [6.45, 7) is 1.86. The van der Waals surface area contributed by atoms with Crippen LogP contribution in [-0.2, 0) is 4.79 Å². The maximum atomic E-state index is 11.0. The monoisotopic (exact) mass is 172 g/mol. The first-order valence-corrected chi connectivity index (χ1v) is 3.84. The van der Waals surface area contributed by atoms with Gasteiger partial charge in [-0.05, 0) is 6.42 Å². The van der Waals surface area contributed by atoms with Crippen molar-refractivity contribution in [1.82, 2.24) is 10.2 Å². The van der Waals surface area contributed by atoms with Crippen molar-refractivity contribution in [2.75, 3.05) is 7.05 Å². The van der Waals surface area contributed by atoms with Crippen molar-refractivity contribution in [3.8, 4) is 0 Å². The number of carboxylic acid groups (broad SMARTS) is 1. The summed E-state index contributed by atoms with van der Waals surface area (Å²) in [6.07, 6.45) is 0.645. The van der Waals surface area contributed by atoms with Crippen LogP contribution in [-0.4, -0.2) is 41.1 Å². The van der Waals surface area contributed by atoms with Crippen molar-refractivity contribution in [2.24, 2.45) is 0 Å². The van der Waals surface area contributed by atoms with Gasteiger partial charge in [0.2, 0.25) is 0 Å². The van der Waals surface area contributed by atoms with Crippen LogP contribution in [0.3, 0.4) is 0 Å². The van der Waals surface area contributed by atoms with Crippen molar-refractivity contribution in [1.29, 1.82) is 0 Å². The third-order valence-electron chi connectivity index (χ3n) is 2.17. The number of carbonyl (C=O) groups is 2. The molecule has 1 fully saturated rings. The molecule has 0 aromatic carbocycles. The van der Waals surface area contributed by atoms with Crippen molar-refractivity contribution in [3.63, 3.8) is 0 Å². The first kappa shape index (κ1) is 8.83. The van der Waals surface area contributed by atoms with Gasteiger partial charge in [0.05, 0.1) is 6.04 Å². The van der Waals surface area contributed by atoms with Crippen LogP contribution in [0.25, 0.3) is 0 Å². The molecule has 0 saturated carbocycles. The number of hydrogen-bond acceptors (Lipinski definition) is 2. The fourth-order valence-corrected chi connectivity index (χ4v) is 1.44. The summed E-state index contributed by atoms with van der Waals surface area (Å²) in [5, 5.41) is 11.1. The second kappa shape index (κ2) is 3.00. The van der Waals surface area contributed by atoms with E-state index < -0.39 is 12.0 Å². The molecule has 1 aliphatic heterocycles. The van der Waals surface area contributed by atoms with Crippen LogP contribution in [0.1, 0.15) is 13.3 Å². The van der Waals surface area contributed by atoms with Crippen molar-refractivity contribution < 1.29 is 14.7 Å². The summed E-state index contributed by atoms with van der Waals surface area (Å²) < 4.78 is 0. The lowest BCUT2D eigenvalue weighted by Crippen LogP contribution is -2.40. The number of carbonyl (C=O) groups excluding carboxylic acids is 1. The molecular weight excluding hydrogens is 160 g/mol. The molecule has 0 aromatic rings. The van der Waals surface area contributed by atoms with E-state index >= 15 is 0 Å². The molecule has 1 heterocycles. The number of aliphatic carboxylic acids is 1. The number of hydrogen-bond donors (Lipinski definition) is 2. The van der Waals surface area contributed by atoms with E-state index in [9.17, 15) is 9.59 Å². The smallest absolute Gasteiger partial charge is 0.328 e. The van der Waals surface area contributed by atoms with Gasteiger partial charge in [-0.2, -0.15) is 0 Å². The Kier molecular flexibility index (Phi) is 2.21. The zero-order valence-corrected chi connectivity index (χ0v) is 7.07. The third kappa shape index (κ3) is 1.22. The van der Waals surface area contributed by atoms with Crippen molar-refractivity contribution in [3.05, 3.63) is 0 Å². The molecule has 0 bridgehead atoms. The van der Waals surface area contributed by atoms with E-state index in [-0.39, 0.29) is 12.1 Å². The molecular formula is C7H12N2O3. The highest BCUT2D eigenvalue weighted by Crippen LogP contribution is 2.14. The van der Waals surface area contributed by atoms with Crippen LogP contribution >= 0.6 is 0 Å². The lowest BCUT2D eigenvalue weighted by Gasteiger charge is -2.18. The Morgan fingerprint density at radius 2 is 2.33 bits per heavy atom. The highest BCUT2D eigenvalue weighted by Gasteiger charge is 2.39. The molecule has 2 N–H and O–H groups in total. The highest BCUT2D eigenvalue weighted by atomic mass is 16.4. The molecule has 2 atom stereocenters. The van der Waals surface area contributed by atoms with E-state index in [1.165, 1.54) is 4.90 Å². The highest BCUT2D eigenvalue weighted by molar-refractivity contribution is 5.87. The number of carboxylic acids is 1. The van der Waals surface area contributed by atoms with E-state index in [0.717, 1.165) is 0 Å². The lowest BCUT2D eigenvalue weighted by atomic mass is 10.1. The number of amides is 2. The number of rotatable bonds is 2. The first-order chi connectivity index (χ1) is 5.57. The summed E-state index contributed by atoms with van der Waals surface area (Å²) in [4.78, 5) is 23.1. The van der Waals surface area contributed by atoms with Gasteiger partial charge in [0.25, 0.3) is 0 Å². The van der Waals surface area contributed by atoms with Crippen LogP contribution in [0.4, 0.5) is 4.79 Å². The molecule has 0 aliphatic carbocycles. The van der Waals surface area contributed by atoms with Crippen LogP contribution in [0.5, 0.6) is 0 Å². The number of nitrogens with one attached hydrogen (secondary N) is 1. The number of nitrogens with zero attached hydrogens (tertiary/aromatic N) is 1. The standard InChI is InChI=1S/C7H12N2O3/c1-3-4-5(6(10)11)8-7(12)9(4)2/h4-5H,3H2,1-2H3,(H,8,12)(H,10,11). The van der Waals surface area contributed by atoms with E-state index in [1.807, 2.05) is 6.92 Å². The molecule has 2 unspecified atom stereocenters. The lowest BCUT2D eigenvalue weighted by molar-refractivity contribution is -0.139. The number of likely N-dealkylation sites (N-methyl/N-ethyl adjacent to an activating group) is 1. The Labute approximate surface area is 70.4 Å². The van der Waals surface area contributed by atoms with E-state index in [4.69, 9.17) is 5.11 Å². The van der Waals surface area contributed by atoms with Crippen molar-refractivity contribution in [2.45, 2.75) is 25.4 Å². The maximum absolute atomic E-state index is 11.0. The van der Waals surface area contributed by atoms with Gasteiger partial charge in [0.1, 0.15) is 6.04 Å². The largest absolute Gasteiger partial charge is 0.480 e. The third-order valence-corrected chi connectivity index (χ3v) is 2.17. The van der Waals surface area contributed by atoms with Gasteiger partial charge in [-0.3, -0.25) is 0 Å². The molecule has 0 radical (unpaired) electrons. The predicted molar refractivity (Wildman–Crippen MR) is 41.8 cm³/mol. The van der Waals surface area contributed by atoms with Gasteiger partial charge in [0, 0.05) is 7.05 Å². The Morgan fingerprint density at radius 3 is 2.67 bits per heavy atom. The van der Waals surface area contributed by atoms with E-state index in [0.29, 0.717) is 6.42 Å². The van der Waals surface area contributed by atoms with Gasteiger partial charge in [-0.1, -0.05) is 6.92 Å². The molecule has 1 aliphatic rings. The van der Waals surface area contributed by atoms with Crippen LogP contribution in [0.2, 0.25) is 0 Å². The summed E-state index contributed by atoms with van der Waals surface area (Å²) in [6, 6.07) is -1.29. The van der Waals surface area contributed by atoms with Gasteiger partial charge < -0.3 is 15.3 Å². The first-order valence-electron chi connectivity index (χ1n) is 3.84. The minimum atomic E-state index is -0.973. The normalized spacial score (nSPS) is 28.8. The Morgan fingerprint density at radius 1 is 1.75 bits per heavy atom. The predicted octanol–water partition coefficient (Wildman–Crippen LogP) is -0.127. The van der Waals surface area contributed by atoms with Gasteiger partial charge in [0.15, 0.2) is 0 Å². The molecule has 5 heteroatoms. The average Bonchev–Trinajstić information content (AvgIpc) is 2.29. The molecule has 2 amide bonds.